The van der Waals surface area contributed by atoms with Crippen molar-refractivity contribution >= 4 is 33.8 Å². The Morgan fingerprint density at radius 2 is 1.88 bits per heavy atom. The molecule has 3 N–H and O–H groups in total. The molecule has 25 heavy (non-hydrogen) atoms. The summed E-state index contributed by atoms with van der Waals surface area (Å²) >= 11 is 6.05. The predicted octanol–water partition coefficient (Wildman–Crippen LogP) is 2.87. The molecular formula is C16H18ClN5O2S. The van der Waals surface area contributed by atoms with Crippen molar-refractivity contribution in [3.63, 3.8) is 0 Å². The first kappa shape index (κ1) is 18.9. The quantitative estimate of drug-likeness (QED) is 0.528. The van der Waals surface area contributed by atoms with E-state index in [1.54, 1.807) is 6.07 Å². The van der Waals surface area contributed by atoms with Gasteiger partial charge in [0.05, 0.1) is 5.69 Å². The third-order valence-corrected chi connectivity index (χ3v) is 4.90. The fourth-order valence-electron chi connectivity index (χ4n) is 2.33. The number of hydrogen-bond donors (Lipinski definition) is 3. The number of nitrogens with zero attached hydrogens (tertiary/aromatic N) is 2. The number of nitrogens with one attached hydrogen (secondary N) is 3. The summed E-state index contributed by atoms with van der Waals surface area (Å²) in [5.74, 6) is -0.158. The second-order valence-corrected chi connectivity index (χ2v) is 7.32. The van der Waals surface area contributed by atoms with E-state index in [-0.39, 0.29) is 16.0 Å². The summed E-state index contributed by atoms with van der Waals surface area (Å²) < 4.78 is 26.9. The van der Waals surface area contributed by atoms with Crippen molar-refractivity contribution in [2.45, 2.75) is 13.8 Å². The molecule has 0 aliphatic carbocycles. The zero-order chi connectivity index (χ0) is 18.6. The summed E-state index contributed by atoms with van der Waals surface area (Å²) in [6.45, 7) is 3.87. The van der Waals surface area contributed by atoms with E-state index < -0.39 is 10.0 Å². The molecule has 0 atom stereocenters. The summed E-state index contributed by atoms with van der Waals surface area (Å²) in [7, 11) is -2.47. The standard InChI is InChI=1S/C16H18ClN5O2S/c1-10-5-4-6-11(2)15(10)13-7-14(17)21-16(20-13)22-25(23,24)12(8-18)9-19-3/h4-9,18-19H,1-3H3,(H,20,21,22)/b12-9+,18-8?. The predicted molar refractivity (Wildman–Crippen MR) is 100 cm³/mol. The molecule has 0 amide bonds. The lowest BCUT2D eigenvalue weighted by Gasteiger charge is -2.12. The molecule has 9 heteroatoms. The molecule has 0 unspecified atom stereocenters. The Bertz CT molecular complexity index is 921. The van der Waals surface area contributed by atoms with Crippen LogP contribution in [0.1, 0.15) is 11.1 Å². The van der Waals surface area contributed by atoms with Crippen LogP contribution in [0.5, 0.6) is 0 Å². The number of aromatic nitrogens is 2. The largest absolute Gasteiger partial charge is 0.393 e. The SMILES string of the molecule is CN/C=C(\C=N)S(=O)(=O)Nc1nc(Cl)cc(-c2c(C)cccc2C)n1. The lowest BCUT2D eigenvalue weighted by molar-refractivity contribution is 0.607. The van der Waals surface area contributed by atoms with Crippen molar-refractivity contribution in [1.82, 2.24) is 15.3 Å². The van der Waals surface area contributed by atoms with Crippen LogP contribution in [0.25, 0.3) is 11.3 Å². The van der Waals surface area contributed by atoms with E-state index in [4.69, 9.17) is 17.0 Å². The second-order valence-electron chi connectivity index (χ2n) is 5.25. The summed E-state index contributed by atoms with van der Waals surface area (Å²) in [4.78, 5) is 7.94. The van der Waals surface area contributed by atoms with E-state index >= 15 is 0 Å². The van der Waals surface area contributed by atoms with Gasteiger partial charge in [0.25, 0.3) is 10.0 Å². The summed E-state index contributed by atoms with van der Waals surface area (Å²) in [5.41, 5.74) is 3.35. The number of sulfonamides is 1. The molecule has 1 heterocycles. The van der Waals surface area contributed by atoms with E-state index in [1.807, 2.05) is 32.0 Å². The monoisotopic (exact) mass is 379 g/mol. The molecule has 0 saturated heterocycles. The third kappa shape index (κ3) is 4.34. The Morgan fingerprint density at radius 1 is 1.24 bits per heavy atom. The Balaban J connectivity index is 2.51. The Hall–Kier alpha value is -2.45. The Kier molecular flexibility index (Phi) is 5.76. The lowest BCUT2D eigenvalue weighted by Crippen LogP contribution is -2.19. The topological polar surface area (TPSA) is 108 Å². The number of benzene rings is 1. The van der Waals surface area contributed by atoms with Gasteiger partial charge >= 0.3 is 0 Å². The molecule has 0 aliphatic heterocycles. The minimum absolute atomic E-state index is 0.111. The molecule has 0 bridgehead atoms. The highest BCUT2D eigenvalue weighted by Crippen LogP contribution is 2.28. The van der Waals surface area contributed by atoms with Crippen molar-refractivity contribution in [3.8, 4) is 11.3 Å². The molecule has 0 aliphatic rings. The van der Waals surface area contributed by atoms with Crippen molar-refractivity contribution < 1.29 is 8.42 Å². The van der Waals surface area contributed by atoms with Gasteiger partial charge in [-0.15, -0.1) is 0 Å². The molecule has 2 rings (SSSR count). The average molecular weight is 380 g/mol. The van der Waals surface area contributed by atoms with E-state index in [2.05, 4.69) is 20.0 Å². The molecule has 1 aromatic heterocycles. The van der Waals surface area contributed by atoms with Gasteiger partial charge in [0.1, 0.15) is 10.1 Å². The highest BCUT2D eigenvalue weighted by Gasteiger charge is 2.19. The number of allylic oxidation sites excluding steroid dienone is 1. The molecule has 132 valence electrons. The minimum atomic E-state index is -4.00. The van der Waals surface area contributed by atoms with Crippen LogP contribution < -0.4 is 10.0 Å². The first-order chi connectivity index (χ1) is 11.8. The average Bonchev–Trinajstić information content (AvgIpc) is 2.51. The van der Waals surface area contributed by atoms with Crippen LogP contribution in [0.15, 0.2) is 35.4 Å². The maximum atomic E-state index is 12.3. The maximum absolute atomic E-state index is 12.3. The molecular weight excluding hydrogens is 362 g/mol. The second kappa shape index (κ2) is 7.62. The fraction of sp³-hybridized carbons (Fsp3) is 0.188. The maximum Gasteiger partial charge on any atom is 0.267 e. The first-order valence-electron chi connectivity index (χ1n) is 7.30. The zero-order valence-electron chi connectivity index (χ0n) is 14.0. The summed E-state index contributed by atoms with van der Waals surface area (Å²) in [6.07, 6.45) is 1.90. The van der Waals surface area contributed by atoms with Gasteiger partial charge < -0.3 is 10.7 Å². The normalized spacial score (nSPS) is 11.9. The molecule has 2 aromatic rings. The Labute approximate surface area is 151 Å². The molecule has 0 radical (unpaired) electrons. The minimum Gasteiger partial charge on any atom is -0.393 e. The molecule has 0 spiro atoms. The van der Waals surface area contributed by atoms with Crippen LogP contribution in [-0.2, 0) is 10.0 Å². The van der Waals surface area contributed by atoms with Gasteiger partial charge in [0.15, 0.2) is 0 Å². The van der Waals surface area contributed by atoms with Crippen LogP contribution in [-0.4, -0.2) is 31.6 Å². The van der Waals surface area contributed by atoms with Crippen molar-refractivity contribution in [1.29, 1.82) is 5.41 Å². The van der Waals surface area contributed by atoms with Crippen LogP contribution in [0.2, 0.25) is 5.15 Å². The van der Waals surface area contributed by atoms with Gasteiger partial charge in [0.2, 0.25) is 5.95 Å². The van der Waals surface area contributed by atoms with E-state index in [0.717, 1.165) is 22.9 Å². The van der Waals surface area contributed by atoms with Gasteiger partial charge in [-0.3, -0.25) is 0 Å². The highest BCUT2D eigenvalue weighted by molar-refractivity contribution is 7.97. The van der Waals surface area contributed by atoms with Crippen molar-refractivity contribution in [3.05, 3.63) is 51.7 Å². The van der Waals surface area contributed by atoms with Crippen molar-refractivity contribution in [2.75, 3.05) is 11.8 Å². The van der Waals surface area contributed by atoms with Crippen LogP contribution >= 0.6 is 11.6 Å². The van der Waals surface area contributed by atoms with Crippen LogP contribution in [0, 0.1) is 19.3 Å². The highest BCUT2D eigenvalue weighted by atomic mass is 35.5. The van der Waals surface area contributed by atoms with E-state index in [0.29, 0.717) is 5.69 Å². The van der Waals surface area contributed by atoms with Crippen LogP contribution in [0.3, 0.4) is 0 Å². The molecule has 0 fully saturated rings. The summed E-state index contributed by atoms with van der Waals surface area (Å²) in [5, 5.41) is 9.93. The number of halogens is 1. The van der Waals surface area contributed by atoms with Crippen molar-refractivity contribution in [2.24, 2.45) is 0 Å². The number of rotatable bonds is 6. The van der Waals surface area contributed by atoms with Gasteiger partial charge in [-0.2, -0.15) is 0 Å². The van der Waals surface area contributed by atoms with Gasteiger partial charge in [0, 0.05) is 31.1 Å². The number of aryl methyl sites for hydroxylation is 2. The molecule has 0 saturated carbocycles. The smallest absolute Gasteiger partial charge is 0.267 e. The lowest BCUT2D eigenvalue weighted by atomic mass is 10.00. The molecule has 7 nitrogen and oxygen atoms in total. The van der Waals surface area contributed by atoms with Gasteiger partial charge in [-0.1, -0.05) is 29.8 Å². The first-order valence-corrected chi connectivity index (χ1v) is 9.16. The van der Waals surface area contributed by atoms with E-state index in [1.165, 1.54) is 13.2 Å². The number of anilines is 1. The fourth-order valence-corrected chi connectivity index (χ4v) is 3.39. The van der Waals surface area contributed by atoms with Gasteiger partial charge in [-0.05, 0) is 25.0 Å². The number of hydrogen-bond acceptors (Lipinski definition) is 6. The van der Waals surface area contributed by atoms with E-state index in [9.17, 15) is 8.42 Å². The third-order valence-electron chi connectivity index (χ3n) is 3.40. The zero-order valence-corrected chi connectivity index (χ0v) is 15.5. The van der Waals surface area contributed by atoms with Gasteiger partial charge in [-0.25, -0.2) is 23.1 Å². The van der Waals surface area contributed by atoms with Crippen LogP contribution in [0.4, 0.5) is 5.95 Å². The molecule has 1 aromatic carbocycles. The summed E-state index contributed by atoms with van der Waals surface area (Å²) in [6, 6.07) is 7.38. The Morgan fingerprint density at radius 3 is 2.44 bits per heavy atom.